The van der Waals surface area contributed by atoms with Crippen LogP contribution in [0.3, 0.4) is 0 Å². The molecule has 5 unspecified atom stereocenters. The van der Waals surface area contributed by atoms with E-state index in [-0.39, 0.29) is 29.3 Å². The molecule has 0 radical (unpaired) electrons. The van der Waals surface area contributed by atoms with Gasteiger partial charge in [-0.1, -0.05) is 0 Å². The lowest BCUT2D eigenvalue weighted by Gasteiger charge is -2.42. The molecule has 8 heteroatoms. The molecular formula is C16H23ClN4O2S. The number of carbonyl (C=O) groups is 1. The van der Waals surface area contributed by atoms with Crippen LogP contribution in [0.1, 0.15) is 32.6 Å². The second-order valence-corrected chi connectivity index (χ2v) is 8.68. The summed E-state index contributed by atoms with van der Waals surface area (Å²) in [5, 5.41) is 7.04. The van der Waals surface area contributed by atoms with E-state index in [4.69, 9.17) is 11.6 Å². The molecule has 2 aliphatic rings. The standard InChI is InChI=1S/C16H23ClN4O2S/c1-9(19-16-18-6-5-14(21-16)24(2)23)12-8-10-7-11(17)3-4-13(10)20-15(12)22/h5-6,9-13H,3-4,7-8H2,1-2H3,(H,20,22)(H,18,19,21)/t9-,10?,11?,12?,13?,24?/m0/s1. The Labute approximate surface area is 149 Å². The van der Waals surface area contributed by atoms with E-state index in [0.717, 1.165) is 25.7 Å². The maximum Gasteiger partial charge on any atom is 0.225 e. The van der Waals surface area contributed by atoms with Gasteiger partial charge in [-0.3, -0.25) is 9.00 Å². The third kappa shape index (κ3) is 3.88. The molecular weight excluding hydrogens is 348 g/mol. The van der Waals surface area contributed by atoms with Crippen molar-refractivity contribution in [2.75, 3.05) is 11.6 Å². The van der Waals surface area contributed by atoms with E-state index in [2.05, 4.69) is 20.6 Å². The first kappa shape index (κ1) is 17.6. The van der Waals surface area contributed by atoms with Crippen molar-refractivity contribution >= 4 is 34.3 Å². The molecule has 1 saturated heterocycles. The summed E-state index contributed by atoms with van der Waals surface area (Å²) in [5.74, 6) is 0.777. The second-order valence-electron chi connectivity index (χ2n) is 6.73. The van der Waals surface area contributed by atoms with E-state index in [1.54, 1.807) is 18.5 Å². The van der Waals surface area contributed by atoms with Crippen molar-refractivity contribution in [2.24, 2.45) is 11.8 Å². The number of halogens is 1. The number of anilines is 1. The van der Waals surface area contributed by atoms with Crippen LogP contribution in [0.15, 0.2) is 17.3 Å². The number of amides is 1. The van der Waals surface area contributed by atoms with E-state index in [1.807, 2.05) is 6.92 Å². The predicted octanol–water partition coefficient (Wildman–Crippen LogP) is 1.93. The van der Waals surface area contributed by atoms with Crippen molar-refractivity contribution < 1.29 is 9.00 Å². The molecule has 2 fully saturated rings. The molecule has 2 N–H and O–H groups in total. The molecule has 6 nitrogen and oxygen atoms in total. The Kier molecular flexibility index (Phi) is 5.39. The SMILES string of the molecule is C[C@H](Nc1nccc(S(C)=O)n1)C1CC2CC(Cl)CCC2NC1=O. The minimum atomic E-state index is -1.16. The number of aromatic nitrogens is 2. The van der Waals surface area contributed by atoms with Gasteiger partial charge in [-0.25, -0.2) is 9.97 Å². The lowest BCUT2D eigenvalue weighted by molar-refractivity contribution is -0.130. The van der Waals surface area contributed by atoms with Gasteiger partial charge < -0.3 is 10.6 Å². The van der Waals surface area contributed by atoms with E-state index in [1.165, 1.54) is 0 Å². The number of fused-ring (bicyclic) bond motifs is 1. The van der Waals surface area contributed by atoms with Crippen LogP contribution >= 0.6 is 11.6 Å². The van der Waals surface area contributed by atoms with Gasteiger partial charge in [-0.05, 0) is 44.6 Å². The highest BCUT2D eigenvalue weighted by Gasteiger charge is 2.41. The van der Waals surface area contributed by atoms with Crippen LogP contribution in [0.25, 0.3) is 0 Å². The molecule has 1 amide bonds. The van der Waals surface area contributed by atoms with Crippen molar-refractivity contribution in [2.45, 2.75) is 55.1 Å². The van der Waals surface area contributed by atoms with Crippen molar-refractivity contribution in [3.63, 3.8) is 0 Å². The molecule has 1 aliphatic heterocycles. The zero-order valence-corrected chi connectivity index (χ0v) is 15.4. The first-order valence-corrected chi connectivity index (χ1v) is 10.3. The fourth-order valence-corrected chi connectivity index (χ4v) is 4.51. The molecule has 1 aliphatic carbocycles. The molecule has 0 spiro atoms. The quantitative estimate of drug-likeness (QED) is 0.625. The Balaban J connectivity index is 1.68. The van der Waals surface area contributed by atoms with Gasteiger partial charge in [-0.2, -0.15) is 0 Å². The Bertz CT molecular complexity index is 644. The number of piperidine rings is 1. The lowest BCUT2D eigenvalue weighted by atomic mass is 9.74. The minimum Gasteiger partial charge on any atom is -0.353 e. The summed E-state index contributed by atoms with van der Waals surface area (Å²) < 4.78 is 11.5. The van der Waals surface area contributed by atoms with Crippen LogP contribution in [0.2, 0.25) is 0 Å². The van der Waals surface area contributed by atoms with Crippen molar-refractivity contribution in [3.05, 3.63) is 12.3 Å². The Hall–Kier alpha value is -1.21. The zero-order chi connectivity index (χ0) is 17.3. The number of hydrogen-bond acceptors (Lipinski definition) is 5. The Morgan fingerprint density at radius 1 is 1.42 bits per heavy atom. The summed E-state index contributed by atoms with van der Waals surface area (Å²) in [6.07, 6.45) is 6.87. The minimum absolute atomic E-state index is 0.0829. The molecule has 0 aromatic carbocycles. The van der Waals surface area contributed by atoms with E-state index < -0.39 is 10.8 Å². The molecule has 132 valence electrons. The third-order valence-electron chi connectivity index (χ3n) is 5.02. The highest BCUT2D eigenvalue weighted by Crippen LogP contribution is 2.36. The van der Waals surface area contributed by atoms with Gasteiger partial charge in [0.2, 0.25) is 11.9 Å². The first-order chi connectivity index (χ1) is 11.4. The molecule has 3 rings (SSSR count). The topological polar surface area (TPSA) is 84.0 Å². The number of hydrogen-bond donors (Lipinski definition) is 2. The van der Waals surface area contributed by atoms with Crippen LogP contribution in [-0.4, -0.2) is 43.8 Å². The van der Waals surface area contributed by atoms with Crippen molar-refractivity contribution in [1.29, 1.82) is 0 Å². The van der Waals surface area contributed by atoms with Crippen LogP contribution in [0, 0.1) is 11.8 Å². The molecule has 2 heterocycles. The molecule has 1 aromatic heterocycles. The average molecular weight is 371 g/mol. The molecule has 24 heavy (non-hydrogen) atoms. The summed E-state index contributed by atoms with van der Waals surface area (Å²) in [6, 6.07) is 1.78. The Morgan fingerprint density at radius 3 is 2.96 bits per heavy atom. The summed E-state index contributed by atoms with van der Waals surface area (Å²) in [7, 11) is -1.16. The number of rotatable bonds is 4. The number of nitrogens with one attached hydrogen (secondary N) is 2. The van der Waals surface area contributed by atoms with Crippen molar-refractivity contribution in [3.8, 4) is 0 Å². The predicted molar refractivity (Wildman–Crippen MR) is 94.5 cm³/mol. The zero-order valence-electron chi connectivity index (χ0n) is 13.9. The summed E-state index contributed by atoms with van der Waals surface area (Å²) in [5.41, 5.74) is 0. The molecule has 6 atom stereocenters. The van der Waals surface area contributed by atoms with Gasteiger partial charge >= 0.3 is 0 Å². The largest absolute Gasteiger partial charge is 0.353 e. The van der Waals surface area contributed by atoms with Gasteiger partial charge in [-0.15, -0.1) is 11.6 Å². The maximum atomic E-state index is 12.5. The number of nitrogens with zero attached hydrogens (tertiary/aromatic N) is 2. The van der Waals surface area contributed by atoms with Crippen LogP contribution in [0.5, 0.6) is 0 Å². The van der Waals surface area contributed by atoms with Crippen LogP contribution < -0.4 is 10.6 Å². The first-order valence-electron chi connectivity index (χ1n) is 8.31. The van der Waals surface area contributed by atoms with E-state index >= 15 is 0 Å². The fraction of sp³-hybridized carbons (Fsp3) is 0.688. The highest BCUT2D eigenvalue weighted by molar-refractivity contribution is 7.84. The smallest absolute Gasteiger partial charge is 0.225 e. The molecule has 1 saturated carbocycles. The van der Waals surface area contributed by atoms with Gasteiger partial charge in [0, 0.05) is 29.9 Å². The highest BCUT2D eigenvalue weighted by atomic mass is 35.5. The Morgan fingerprint density at radius 2 is 2.21 bits per heavy atom. The number of alkyl halides is 1. The van der Waals surface area contributed by atoms with Crippen LogP contribution in [-0.2, 0) is 15.6 Å². The summed E-state index contributed by atoms with van der Waals surface area (Å²) in [4.78, 5) is 20.9. The van der Waals surface area contributed by atoms with Gasteiger partial charge in [0.05, 0.1) is 16.7 Å². The molecule has 0 bridgehead atoms. The maximum absolute atomic E-state index is 12.5. The summed E-state index contributed by atoms with van der Waals surface area (Å²) in [6.45, 7) is 1.96. The van der Waals surface area contributed by atoms with Crippen molar-refractivity contribution in [1.82, 2.24) is 15.3 Å². The van der Waals surface area contributed by atoms with E-state index in [9.17, 15) is 9.00 Å². The lowest BCUT2D eigenvalue weighted by Crippen LogP contribution is -2.55. The monoisotopic (exact) mass is 370 g/mol. The second kappa shape index (κ2) is 7.35. The molecule has 1 aromatic rings. The summed E-state index contributed by atoms with van der Waals surface area (Å²) >= 11 is 6.30. The van der Waals surface area contributed by atoms with Gasteiger partial charge in [0.1, 0.15) is 5.03 Å². The van der Waals surface area contributed by atoms with Gasteiger partial charge in [0.25, 0.3) is 0 Å². The normalized spacial score (nSPS) is 32.4. The number of carbonyl (C=O) groups excluding carboxylic acids is 1. The van der Waals surface area contributed by atoms with E-state index in [0.29, 0.717) is 16.9 Å². The third-order valence-corrected chi connectivity index (χ3v) is 6.24. The fourth-order valence-electron chi connectivity index (χ4n) is 3.69. The van der Waals surface area contributed by atoms with Gasteiger partial charge in [0.15, 0.2) is 0 Å². The van der Waals surface area contributed by atoms with Crippen LogP contribution in [0.4, 0.5) is 5.95 Å². The average Bonchev–Trinajstić information content (AvgIpc) is 2.54.